The van der Waals surface area contributed by atoms with Crippen LogP contribution >= 0.6 is 72.3 Å². The number of thioether (sulfide) groups is 4. The van der Waals surface area contributed by atoms with Gasteiger partial charge in [-0.2, -0.15) is 25.3 Å². The predicted molar refractivity (Wildman–Crippen MR) is 84.6 cm³/mol. The average molecular weight is 305 g/mol. The maximum absolute atomic E-state index is 4.30. The molecule has 0 aromatic rings. The van der Waals surface area contributed by atoms with Crippen molar-refractivity contribution in [2.24, 2.45) is 0 Å². The summed E-state index contributed by atoms with van der Waals surface area (Å²) >= 11 is 16.7. The third kappa shape index (κ3) is 3.06. The van der Waals surface area contributed by atoms with Crippen LogP contribution in [0.4, 0.5) is 0 Å². The smallest absolute Gasteiger partial charge is 0.0858 e. The molecule has 1 aliphatic heterocycles. The summed E-state index contributed by atoms with van der Waals surface area (Å²) in [6.45, 7) is 4.66. The molecule has 1 rings (SSSR count). The van der Waals surface area contributed by atoms with E-state index in [0.717, 1.165) is 10.2 Å². The van der Waals surface area contributed by atoms with Gasteiger partial charge in [0.05, 0.1) is 4.08 Å². The minimum absolute atomic E-state index is 0.404. The van der Waals surface area contributed by atoms with Crippen molar-refractivity contribution >= 4 is 72.3 Å². The Bertz CT molecular complexity index is 155. The van der Waals surface area contributed by atoms with Gasteiger partial charge in [0.15, 0.2) is 0 Å². The number of hydrogen-bond acceptors (Lipinski definition) is 6. The fourth-order valence-electron chi connectivity index (χ4n) is 1.45. The molecule has 0 amide bonds. The first-order valence-electron chi connectivity index (χ1n) is 4.40. The molecule has 6 heteroatoms. The lowest BCUT2D eigenvalue weighted by Crippen LogP contribution is -2.46. The van der Waals surface area contributed by atoms with E-state index in [4.69, 9.17) is 0 Å². The van der Waals surface area contributed by atoms with Crippen LogP contribution < -0.4 is 0 Å². The summed E-state index contributed by atoms with van der Waals surface area (Å²) in [6, 6.07) is 0. The molecule has 0 nitrogen and oxygen atoms in total. The molecule has 2 unspecified atom stereocenters. The molecule has 0 aromatic heterocycles. The van der Waals surface area contributed by atoms with Gasteiger partial charge >= 0.3 is 0 Å². The molecule has 1 saturated heterocycles. The van der Waals surface area contributed by atoms with Gasteiger partial charge in [-0.3, -0.25) is 0 Å². The van der Waals surface area contributed by atoms with Crippen LogP contribution in [-0.2, 0) is 0 Å². The maximum atomic E-state index is 4.30. The number of hydrogen-bond donors (Lipinski definition) is 2. The minimum atomic E-state index is 0.404. The Morgan fingerprint density at radius 3 is 1.79 bits per heavy atom. The van der Waals surface area contributed by atoms with E-state index in [1.54, 1.807) is 0 Å². The van der Waals surface area contributed by atoms with E-state index in [1.165, 1.54) is 5.08 Å². The molecule has 0 aliphatic carbocycles. The van der Waals surface area contributed by atoms with Crippen LogP contribution in [0.25, 0.3) is 0 Å². The summed E-state index contributed by atoms with van der Waals surface area (Å²) in [5, 5.41) is 4.43. The molecule has 0 N–H and O–H groups in total. The number of thiol groups is 2. The van der Waals surface area contributed by atoms with E-state index in [0.29, 0.717) is 14.6 Å². The van der Waals surface area contributed by atoms with Crippen LogP contribution in [0.15, 0.2) is 0 Å². The van der Waals surface area contributed by atoms with Crippen LogP contribution in [-0.4, -0.2) is 29.8 Å². The Morgan fingerprint density at radius 1 is 1.14 bits per heavy atom. The molecule has 84 valence electrons. The van der Waals surface area contributed by atoms with E-state index in [2.05, 4.69) is 62.6 Å². The zero-order valence-corrected chi connectivity index (χ0v) is 13.4. The Balaban J connectivity index is 2.55. The molecule has 0 spiro atoms. The Kier molecular flexibility index (Phi) is 6.82. The molecular weight excluding hydrogens is 288 g/mol. The zero-order chi connectivity index (χ0) is 10.6. The summed E-state index contributed by atoms with van der Waals surface area (Å²) in [7, 11) is 0. The first-order valence-corrected chi connectivity index (χ1v) is 9.73. The van der Waals surface area contributed by atoms with Gasteiger partial charge in [-0.25, -0.2) is 0 Å². The van der Waals surface area contributed by atoms with Crippen molar-refractivity contribution in [1.82, 2.24) is 0 Å². The van der Waals surface area contributed by atoms with E-state index in [1.807, 2.05) is 23.5 Å². The largest absolute Gasteiger partial charge is 0.168 e. The van der Waals surface area contributed by atoms with Gasteiger partial charge < -0.3 is 0 Å². The summed E-state index contributed by atoms with van der Waals surface area (Å²) in [4.78, 5) is 0. The second-order valence-electron chi connectivity index (χ2n) is 3.00. The Hall–Kier alpha value is 2.10. The highest BCUT2D eigenvalue weighted by atomic mass is 32.3. The fourth-order valence-corrected chi connectivity index (χ4v) is 8.33. The van der Waals surface area contributed by atoms with Crippen molar-refractivity contribution in [2.75, 3.05) is 15.3 Å². The standard InChI is InChI=1S/C8H16S6/c1-6(11-3-9)8(13-5-14-8)7(2)12-4-10/h6-7,9-10H,3-5H2,1-2H3. The van der Waals surface area contributed by atoms with E-state index >= 15 is 0 Å². The lowest BCUT2D eigenvalue weighted by atomic mass is 10.2. The first kappa shape index (κ1) is 14.2. The van der Waals surface area contributed by atoms with Crippen LogP contribution in [0.1, 0.15) is 13.8 Å². The van der Waals surface area contributed by atoms with Crippen molar-refractivity contribution < 1.29 is 0 Å². The Morgan fingerprint density at radius 2 is 1.57 bits per heavy atom. The lowest BCUT2D eigenvalue weighted by Gasteiger charge is -2.48. The highest BCUT2D eigenvalue weighted by Gasteiger charge is 2.48. The highest BCUT2D eigenvalue weighted by molar-refractivity contribution is 8.35. The molecule has 1 aliphatic rings. The molecule has 1 fully saturated rings. The molecular formula is C8H16S6. The van der Waals surface area contributed by atoms with E-state index in [9.17, 15) is 0 Å². The van der Waals surface area contributed by atoms with Gasteiger partial charge in [-0.15, -0.1) is 47.0 Å². The number of rotatable bonds is 6. The maximum Gasteiger partial charge on any atom is 0.0858 e. The monoisotopic (exact) mass is 304 g/mol. The van der Waals surface area contributed by atoms with Crippen LogP contribution in [0.3, 0.4) is 0 Å². The van der Waals surface area contributed by atoms with Crippen LogP contribution in [0, 0.1) is 0 Å². The van der Waals surface area contributed by atoms with Crippen molar-refractivity contribution in [1.29, 1.82) is 0 Å². The van der Waals surface area contributed by atoms with Crippen molar-refractivity contribution in [3.8, 4) is 0 Å². The molecule has 0 aromatic carbocycles. The third-order valence-electron chi connectivity index (χ3n) is 2.35. The lowest BCUT2D eigenvalue weighted by molar-refractivity contribution is 0.766. The molecule has 0 saturated carbocycles. The average Bonchev–Trinajstić information content (AvgIpc) is 2.02. The first-order chi connectivity index (χ1) is 6.67. The van der Waals surface area contributed by atoms with Crippen LogP contribution in [0.2, 0.25) is 0 Å². The van der Waals surface area contributed by atoms with Crippen molar-refractivity contribution in [3.63, 3.8) is 0 Å². The van der Waals surface area contributed by atoms with Gasteiger partial charge in [0.2, 0.25) is 0 Å². The fraction of sp³-hybridized carbons (Fsp3) is 1.00. The summed E-state index contributed by atoms with van der Waals surface area (Å²) in [6.07, 6.45) is 0. The van der Waals surface area contributed by atoms with Gasteiger partial charge in [0.1, 0.15) is 0 Å². The Labute approximate surface area is 115 Å². The molecule has 2 atom stereocenters. The second kappa shape index (κ2) is 6.74. The third-order valence-corrected chi connectivity index (χ3v) is 9.85. The zero-order valence-electron chi connectivity index (χ0n) is 8.30. The normalized spacial score (nSPS) is 24.0. The molecule has 0 radical (unpaired) electrons. The van der Waals surface area contributed by atoms with E-state index < -0.39 is 0 Å². The summed E-state index contributed by atoms with van der Waals surface area (Å²) < 4.78 is 0.404. The molecule has 0 bridgehead atoms. The molecule has 1 heterocycles. The van der Waals surface area contributed by atoms with Crippen LogP contribution in [0.5, 0.6) is 0 Å². The van der Waals surface area contributed by atoms with Crippen molar-refractivity contribution in [3.05, 3.63) is 0 Å². The van der Waals surface area contributed by atoms with Gasteiger partial charge in [-0.1, -0.05) is 13.8 Å². The topological polar surface area (TPSA) is 0 Å². The quantitative estimate of drug-likeness (QED) is 0.559. The molecule has 14 heavy (non-hydrogen) atoms. The SMILES string of the molecule is CC(SCS)C1(C(C)SCS)SCS1. The van der Waals surface area contributed by atoms with Gasteiger partial charge in [0.25, 0.3) is 0 Å². The minimum Gasteiger partial charge on any atom is -0.168 e. The van der Waals surface area contributed by atoms with Gasteiger partial charge in [0, 0.05) is 25.8 Å². The van der Waals surface area contributed by atoms with Crippen molar-refractivity contribution in [2.45, 2.75) is 28.4 Å². The van der Waals surface area contributed by atoms with Gasteiger partial charge in [-0.05, 0) is 0 Å². The predicted octanol–water partition coefficient (Wildman–Crippen LogP) is 4.14. The summed E-state index contributed by atoms with van der Waals surface area (Å²) in [5.74, 6) is 0. The van der Waals surface area contributed by atoms with E-state index in [-0.39, 0.29) is 0 Å². The highest BCUT2D eigenvalue weighted by Crippen LogP contribution is 2.60. The second-order valence-corrected chi connectivity index (χ2v) is 10.3. The summed E-state index contributed by atoms with van der Waals surface area (Å²) in [5.41, 5.74) is 0.